The van der Waals surface area contributed by atoms with E-state index in [0.29, 0.717) is 16.4 Å². The lowest BCUT2D eigenvalue weighted by molar-refractivity contribution is 0.102. The van der Waals surface area contributed by atoms with E-state index in [9.17, 15) is 4.79 Å². The summed E-state index contributed by atoms with van der Waals surface area (Å²) < 4.78 is 0. The molecule has 0 spiro atoms. The van der Waals surface area contributed by atoms with Gasteiger partial charge in [-0.25, -0.2) is 0 Å². The maximum atomic E-state index is 12.2. The second kappa shape index (κ2) is 5.96. The minimum atomic E-state index is -0.364. The molecule has 106 valence electrons. The molecule has 0 bridgehead atoms. The molecule has 0 unspecified atom stereocenters. The molecular formula is C14H17ClN4O. The van der Waals surface area contributed by atoms with Gasteiger partial charge in [-0.3, -0.25) is 9.89 Å². The number of nitrogen functional groups attached to an aromatic ring is 1. The number of halogens is 1. The Bertz CT molecular complexity index is 616. The molecule has 0 aliphatic heterocycles. The monoisotopic (exact) mass is 292 g/mol. The van der Waals surface area contributed by atoms with Gasteiger partial charge in [0.2, 0.25) is 0 Å². The number of nitrogens with zero attached hydrogens (tertiary/aromatic N) is 1. The number of nitrogens with one attached hydrogen (secondary N) is 2. The maximum absolute atomic E-state index is 12.2. The van der Waals surface area contributed by atoms with E-state index in [2.05, 4.69) is 15.5 Å². The van der Waals surface area contributed by atoms with Crippen LogP contribution in [0.25, 0.3) is 0 Å². The average molecular weight is 293 g/mol. The van der Waals surface area contributed by atoms with Crippen molar-refractivity contribution in [2.45, 2.75) is 26.7 Å². The highest BCUT2D eigenvalue weighted by Gasteiger charge is 2.18. The van der Waals surface area contributed by atoms with Gasteiger partial charge < -0.3 is 11.1 Å². The largest absolute Gasteiger partial charge is 0.395 e. The zero-order valence-corrected chi connectivity index (χ0v) is 12.2. The van der Waals surface area contributed by atoms with Crippen LogP contribution < -0.4 is 11.1 Å². The molecule has 1 amide bonds. The molecule has 0 saturated heterocycles. The molecule has 20 heavy (non-hydrogen) atoms. The normalized spacial score (nSPS) is 10.6. The third-order valence-electron chi connectivity index (χ3n) is 3.06. The number of para-hydroxylation sites is 1. The number of carbonyl (C=O) groups excluding carboxylic acids is 1. The summed E-state index contributed by atoms with van der Waals surface area (Å²) in [4.78, 5) is 12.2. The van der Waals surface area contributed by atoms with Gasteiger partial charge in [-0.05, 0) is 25.0 Å². The number of aromatic amines is 1. The van der Waals surface area contributed by atoms with E-state index in [0.717, 1.165) is 24.1 Å². The molecule has 0 aliphatic rings. The van der Waals surface area contributed by atoms with Gasteiger partial charge in [0.15, 0.2) is 5.69 Å². The van der Waals surface area contributed by atoms with Crippen molar-refractivity contribution in [2.75, 3.05) is 11.1 Å². The van der Waals surface area contributed by atoms with Crippen molar-refractivity contribution >= 4 is 28.9 Å². The maximum Gasteiger partial charge on any atom is 0.278 e. The third kappa shape index (κ3) is 2.77. The van der Waals surface area contributed by atoms with Crippen molar-refractivity contribution in [1.82, 2.24) is 10.2 Å². The van der Waals surface area contributed by atoms with Crippen LogP contribution in [0.4, 0.5) is 11.4 Å². The molecule has 1 aromatic heterocycles. The minimum absolute atomic E-state index is 0.202. The molecule has 0 radical (unpaired) electrons. The molecular weight excluding hydrogens is 276 g/mol. The zero-order chi connectivity index (χ0) is 14.7. The summed E-state index contributed by atoms with van der Waals surface area (Å²) in [6.07, 6.45) is 1.69. The number of nitrogens with two attached hydrogens (primary N) is 1. The quantitative estimate of drug-likeness (QED) is 0.809. The Balaban J connectivity index is 2.25. The van der Waals surface area contributed by atoms with Gasteiger partial charge in [-0.15, -0.1) is 0 Å². The summed E-state index contributed by atoms with van der Waals surface area (Å²) in [7, 11) is 0. The average Bonchev–Trinajstić information content (AvgIpc) is 2.76. The Labute approximate surface area is 122 Å². The first-order chi connectivity index (χ1) is 9.54. The molecule has 5 nitrogen and oxygen atoms in total. The Morgan fingerprint density at radius 3 is 2.90 bits per heavy atom. The molecule has 2 aromatic rings. The predicted molar refractivity (Wildman–Crippen MR) is 81.1 cm³/mol. The van der Waals surface area contributed by atoms with Crippen LogP contribution >= 0.6 is 11.6 Å². The number of anilines is 2. The molecule has 0 aliphatic carbocycles. The highest BCUT2D eigenvalue weighted by atomic mass is 35.5. The minimum Gasteiger partial charge on any atom is -0.395 e. The van der Waals surface area contributed by atoms with E-state index in [4.69, 9.17) is 17.3 Å². The molecule has 1 heterocycles. The highest BCUT2D eigenvalue weighted by molar-refractivity contribution is 6.34. The lowest BCUT2D eigenvalue weighted by Crippen LogP contribution is -2.15. The van der Waals surface area contributed by atoms with Gasteiger partial charge in [0.1, 0.15) is 0 Å². The van der Waals surface area contributed by atoms with Crippen LogP contribution in [-0.4, -0.2) is 16.1 Å². The number of hydrogen-bond donors (Lipinski definition) is 3. The van der Waals surface area contributed by atoms with Gasteiger partial charge in [-0.1, -0.05) is 37.1 Å². The van der Waals surface area contributed by atoms with Crippen molar-refractivity contribution in [3.63, 3.8) is 0 Å². The van der Waals surface area contributed by atoms with E-state index >= 15 is 0 Å². The van der Waals surface area contributed by atoms with Crippen molar-refractivity contribution in [3.05, 3.63) is 40.2 Å². The number of rotatable bonds is 4. The van der Waals surface area contributed by atoms with Gasteiger partial charge in [0.05, 0.1) is 22.1 Å². The molecule has 2 rings (SSSR count). The van der Waals surface area contributed by atoms with E-state index < -0.39 is 0 Å². The highest BCUT2D eigenvalue weighted by Crippen LogP contribution is 2.26. The lowest BCUT2D eigenvalue weighted by atomic mass is 10.2. The summed E-state index contributed by atoms with van der Waals surface area (Å²) in [6, 6.07) is 5.42. The molecule has 0 atom stereocenters. The lowest BCUT2D eigenvalue weighted by Gasteiger charge is -2.09. The van der Waals surface area contributed by atoms with Crippen LogP contribution in [0.5, 0.6) is 0 Å². The first-order valence-electron chi connectivity index (χ1n) is 6.43. The number of benzene rings is 1. The summed E-state index contributed by atoms with van der Waals surface area (Å²) in [5.74, 6) is -0.364. The number of H-pyrrole nitrogens is 1. The summed E-state index contributed by atoms with van der Waals surface area (Å²) in [5.41, 5.74) is 8.78. The molecule has 4 N–H and O–H groups in total. The molecule has 0 saturated carbocycles. The molecule has 6 heteroatoms. The standard InChI is InChI=1S/C14H17ClN4O/c1-3-5-10-11(16)13(19-18-10)14(20)17-12-8(2)6-4-7-9(12)15/h4,6-7H,3,5,16H2,1-2H3,(H,17,20)(H,18,19). The Morgan fingerprint density at radius 1 is 1.50 bits per heavy atom. The SMILES string of the molecule is CCCc1[nH]nc(C(=O)Nc2c(C)cccc2Cl)c1N. The fourth-order valence-corrected chi connectivity index (χ4v) is 2.23. The van der Waals surface area contributed by atoms with Crippen LogP contribution in [0, 0.1) is 6.92 Å². The van der Waals surface area contributed by atoms with Crippen molar-refractivity contribution in [2.24, 2.45) is 0 Å². The van der Waals surface area contributed by atoms with Gasteiger partial charge in [0, 0.05) is 0 Å². The number of carbonyl (C=O) groups is 1. The first-order valence-corrected chi connectivity index (χ1v) is 6.81. The van der Waals surface area contributed by atoms with Crippen LogP contribution in [0.15, 0.2) is 18.2 Å². The zero-order valence-electron chi connectivity index (χ0n) is 11.5. The van der Waals surface area contributed by atoms with E-state index in [1.807, 2.05) is 26.0 Å². The van der Waals surface area contributed by atoms with Crippen LogP contribution in [0.2, 0.25) is 5.02 Å². The van der Waals surface area contributed by atoms with Crippen LogP contribution in [0.1, 0.15) is 35.1 Å². The van der Waals surface area contributed by atoms with Gasteiger partial charge >= 0.3 is 0 Å². The van der Waals surface area contributed by atoms with Gasteiger partial charge in [-0.2, -0.15) is 5.10 Å². The smallest absolute Gasteiger partial charge is 0.278 e. The van der Waals surface area contributed by atoms with Crippen molar-refractivity contribution < 1.29 is 4.79 Å². The topological polar surface area (TPSA) is 83.8 Å². The first kappa shape index (κ1) is 14.4. The second-order valence-corrected chi connectivity index (χ2v) is 5.01. The van der Waals surface area contributed by atoms with Gasteiger partial charge in [0.25, 0.3) is 5.91 Å². The van der Waals surface area contributed by atoms with E-state index in [1.54, 1.807) is 6.07 Å². The Morgan fingerprint density at radius 2 is 2.25 bits per heavy atom. The molecule has 0 fully saturated rings. The fourth-order valence-electron chi connectivity index (χ4n) is 1.96. The second-order valence-electron chi connectivity index (χ2n) is 4.60. The van der Waals surface area contributed by atoms with E-state index in [1.165, 1.54) is 0 Å². The molecule has 1 aromatic carbocycles. The van der Waals surface area contributed by atoms with Crippen molar-refractivity contribution in [1.29, 1.82) is 0 Å². The Kier molecular flexibility index (Phi) is 4.29. The third-order valence-corrected chi connectivity index (χ3v) is 3.37. The van der Waals surface area contributed by atoms with E-state index in [-0.39, 0.29) is 11.6 Å². The van der Waals surface area contributed by atoms with Crippen LogP contribution in [-0.2, 0) is 6.42 Å². The number of hydrogen-bond acceptors (Lipinski definition) is 3. The Hall–Kier alpha value is -2.01. The fraction of sp³-hybridized carbons (Fsp3) is 0.286. The summed E-state index contributed by atoms with van der Waals surface area (Å²) >= 11 is 6.08. The summed E-state index contributed by atoms with van der Waals surface area (Å²) in [5, 5.41) is 10.0. The van der Waals surface area contributed by atoms with Crippen LogP contribution in [0.3, 0.4) is 0 Å². The number of aryl methyl sites for hydroxylation is 2. The number of aromatic nitrogens is 2. The number of amides is 1. The van der Waals surface area contributed by atoms with Crippen molar-refractivity contribution in [3.8, 4) is 0 Å². The summed E-state index contributed by atoms with van der Waals surface area (Å²) in [6.45, 7) is 3.91. The predicted octanol–water partition coefficient (Wildman–Crippen LogP) is 3.16.